The average molecular weight is 434 g/mol. The molecule has 168 valence electrons. The Hall–Kier alpha value is -2.32. The summed E-state index contributed by atoms with van der Waals surface area (Å²) in [7, 11) is 0. The van der Waals surface area contributed by atoms with Crippen LogP contribution in [0.5, 0.6) is 5.75 Å². The van der Waals surface area contributed by atoms with Crippen LogP contribution in [0.1, 0.15) is 5.56 Å². The third kappa shape index (κ3) is 13.0. The molecule has 1 aromatic rings. The number of carbonyl (C=O) groups excluding carboxylic acids is 1. The minimum absolute atomic E-state index is 0.273. The first-order valence-corrected chi connectivity index (χ1v) is 9.13. The zero-order chi connectivity index (χ0) is 22.1. The van der Waals surface area contributed by atoms with E-state index in [2.05, 4.69) is 10.7 Å². The second-order valence-electron chi connectivity index (χ2n) is 5.66. The van der Waals surface area contributed by atoms with E-state index in [1.807, 2.05) is 0 Å². The summed E-state index contributed by atoms with van der Waals surface area (Å²) in [5, 5.41) is 0. The number of hydrogen-bond donors (Lipinski definition) is 0. The molecule has 10 heteroatoms. The number of rotatable bonds is 16. The van der Waals surface area contributed by atoms with Gasteiger partial charge < -0.3 is 28.4 Å². The van der Waals surface area contributed by atoms with Crippen LogP contribution < -0.4 is 4.74 Å². The maximum absolute atomic E-state index is 12.1. The number of carbonyl (C=O) groups is 1. The Labute approximate surface area is 173 Å². The van der Waals surface area contributed by atoms with Crippen LogP contribution in [0.3, 0.4) is 0 Å². The van der Waals surface area contributed by atoms with E-state index in [0.717, 1.165) is 0 Å². The van der Waals surface area contributed by atoms with Crippen LogP contribution in [0.2, 0.25) is 0 Å². The summed E-state index contributed by atoms with van der Waals surface area (Å²) in [5.74, 6) is 0.657. The smallest absolute Gasteiger partial charge is 0.490 e. The predicted molar refractivity (Wildman–Crippen MR) is 99.9 cm³/mol. The van der Waals surface area contributed by atoms with Crippen molar-refractivity contribution in [2.24, 2.45) is 0 Å². The summed E-state index contributed by atoms with van der Waals surface area (Å²) in [6.45, 7) is 3.07. The number of ether oxygens (including phenoxy) is 6. The molecule has 0 aromatic heterocycles. The zero-order valence-corrected chi connectivity index (χ0v) is 16.4. The number of esters is 1. The molecule has 1 aromatic carbocycles. The monoisotopic (exact) mass is 434 g/mol. The SMILES string of the molecule is C#CCOCCOCCOCCOCCOc1ccc(COC(=O)C(F)(F)F)cc1. The number of benzene rings is 1. The Morgan fingerprint density at radius 1 is 0.833 bits per heavy atom. The van der Waals surface area contributed by atoms with Gasteiger partial charge in [0.05, 0.1) is 46.2 Å². The van der Waals surface area contributed by atoms with Crippen LogP contribution in [-0.2, 0) is 35.1 Å². The van der Waals surface area contributed by atoms with E-state index in [1.54, 1.807) is 12.1 Å². The molecule has 0 fully saturated rings. The molecule has 0 saturated carbocycles. The lowest BCUT2D eigenvalue weighted by Gasteiger charge is -2.09. The summed E-state index contributed by atoms with van der Waals surface area (Å²) >= 11 is 0. The van der Waals surface area contributed by atoms with Gasteiger partial charge in [0.15, 0.2) is 0 Å². The van der Waals surface area contributed by atoms with Gasteiger partial charge in [-0.15, -0.1) is 6.42 Å². The van der Waals surface area contributed by atoms with Gasteiger partial charge in [-0.2, -0.15) is 13.2 Å². The standard InChI is InChI=1S/C20H25F3O7/c1-2-7-25-8-9-26-10-11-27-12-13-28-14-15-29-18-5-3-17(4-6-18)16-30-19(24)20(21,22)23/h1,3-6H,7-16H2. The molecule has 0 bridgehead atoms. The number of alkyl halides is 3. The molecule has 0 radical (unpaired) electrons. The van der Waals surface area contributed by atoms with Gasteiger partial charge in [0, 0.05) is 0 Å². The third-order valence-electron chi connectivity index (χ3n) is 3.32. The van der Waals surface area contributed by atoms with Crippen molar-refractivity contribution in [1.29, 1.82) is 0 Å². The van der Waals surface area contributed by atoms with Crippen LogP contribution in [0.25, 0.3) is 0 Å². The highest BCUT2D eigenvalue weighted by Gasteiger charge is 2.40. The molecule has 0 aliphatic heterocycles. The minimum atomic E-state index is -5.00. The minimum Gasteiger partial charge on any atom is -0.491 e. The van der Waals surface area contributed by atoms with Crippen molar-refractivity contribution in [1.82, 2.24) is 0 Å². The second kappa shape index (κ2) is 15.5. The lowest BCUT2D eigenvalue weighted by Crippen LogP contribution is -2.25. The average Bonchev–Trinajstić information content (AvgIpc) is 2.72. The normalized spacial score (nSPS) is 11.1. The Morgan fingerprint density at radius 3 is 1.83 bits per heavy atom. The molecule has 0 N–H and O–H groups in total. The summed E-state index contributed by atoms with van der Waals surface area (Å²) in [6, 6.07) is 6.16. The summed E-state index contributed by atoms with van der Waals surface area (Å²) in [6.07, 6.45) is 0.0340. The molecule has 0 spiro atoms. The van der Waals surface area contributed by atoms with E-state index in [4.69, 9.17) is 30.1 Å². The fourth-order valence-electron chi connectivity index (χ4n) is 1.92. The van der Waals surface area contributed by atoms with Gasteiger partial charge in [-0.3, -0.25) is 0 Å². The van der Waals surface area contributed by atoms with Gasteiger partial charge in [0.25, 0.3) is 0 Å². The van der Waals surface area contributed by atoms with Gasteiger partial charge >= 0.3 is 12.1 Å². The molecule has 7 nitrogen and oxygen atoms in total. The second-order valence-corrected chi connectivity index (χ2v) is 5.66. The molecule has 0 saturated heterocycles. The predicted octanol–water partition coefficient (Wildman–Crippen LogP) is 2.37. The first kappa shape index (κ1) is 25.7. The quantitative estimate of drug-likeness (QED) is 0.225. The summed E-state index contributed by atoms with van der Waals surface area (Å²) < 4.78 is 66.8. The molecular weight excluding hydrogens is 409 g/mol. The van der Waals surface area contributed by atoms with Crippen LogP contribution in [0, 0.1) is 12.3 Å². The highest BCUT2D eigenvalue weighted by atomic mass is 19.4. The zero-order valence-electron chi connectivity index (χ0n) is 16.4. The highest BCUT2D eigenvalue weighted by Crippen LogP contribution is 2.18. The largest absolute Gasteiger partial charge is 0.491 e. The number of hydrogen-bond acceptors (Lipinski definition) is 7. The van der Waals surface area contributed by atoms with Crippen molar-refractivity contribution < 1.29 is 46.4 Å². The van der Waals surface area contributed by atoms with Crippen LogP contribution in [0.15, 0.2) is 24.3 Å². The van der Waals surface area contributed by atoms with Gasteiger partial charge in [-0.25, -0.2) is 4.79 Å². The summed E-state index contributed by atoms with van der Waals surface area (Å²) in [4.78, 5) is 10.7. The van der Waals surface area contributed by atoms with Gasteiger partial charge in [-0.05, 0) is 17.7 Å². The molecule has 0 amide bonds. The van der Waals surface area contributed by atoms with Crippen LogP contribution in [0.4, 0.5) is 13.2 Å². The van der Waals surface area contributed by atoms with Gasteiger partial charge in [0.1, 0.15) is 25.6 Å². The van der Waals surface area contributed by atoms with E-state index < -0.39 is 18.8 Å². The Kier molecular flexibility index (Phi) is 13.3. The Bertz CT molecular complexity index is 627. The topological polar surface area (TPSA) is 72.5 Å². The fourth-order valence-corrected chi connectivity index (χ4v) is 1.92. The summed E-state index contributed by atoms with van der Waals surface area (Å²) in [5.41, 5.74) is 0.414. The van der Waals surface area contributed by atoms with Crippen LogP contribution in [-0.4, -0.2) is 71.6 Å². The molecule has 1 rings (SSSR count). The van der Waals surface area contributed by atoms with E-state index in [9.17, 15) is 18.0 Å². The van der Waals surface area contributed by atoms with Gasteiger partial charge in [-0.1, -0.05) is 18.1 Å². The fraction of sp³-hybridized carbons (Fsp3) is 0.550. The third-order valence-corrected chi connectivity index (χ3v) is 3.32. The van der Waals surface area contributed by atoms with Crippen LogP contribution >= 0.6 is 0 Å². The van der Waals surface area contributed by atoms with Crippen molar-refractivity contribution in [2.45, 2.75) is 12.8 Å². The van der Waals surface area contributed by atoms with Crippen molar-refractivity contribution >= 4 is 5.97 Å². The van der Waals surface area contributed by atoms with E-state index in [-0.39, 0.29) is 6.61 Å². The number of terminal acetylenes is 1. The Balaban J connectivity index is 1.97. The molecule has 0 heterocycles. The van der Waals surface area contributed by atoms with E-state index in [1.165, 1.54) is 12.1 Å². The van der Waals surface area contributed by atoms with E-state index in [0.29, 0.717) is 64.2 Å². The number of halogens is 3. The van der Waals surface area contributed by atoms with Crippen molar-refractivity contribution in [3.63, 3.8) is 0 Å². The molecule has 30 heavy (non-hydrogen) atoms. The first-order chi connectivity index (χ1) is 14.4. The van der Waals surface area contributed by atoms with Crippen molar-refractivity contribution in [3.8, 4) is 18.1 Å². The lowest BCUT2D eigenvalue weighted by molar-refractivity contribution is -0.201. The highest BCUT2D eigenvalue weighted by molar-refractivity contribution is 5.75. The van der Waals surface area contributed by atoms with Crippen molar-refractivity contribution in [3.05, 3.63) is 29.8 Å². The molecule has 0 aliphatic rings. The molecule has 0 unspecified atom stereocenters. The first-order valence-electron chi connectivity index (χ1n) is 9.13. The Morgan fingerprint density at radius 2 is 1.33 bits per heavy atom. The lowest BCUT2D eigenvalue weighted by atomic mass is 10.2. The van der Waals surface area contributed by atoms with Gasteiger partial charge in [0.2, 0.25) is 0 Å². The van der Waals surface area contributed by atoms with Crippen molar-refractivity contribution in [2.75, 3.05) is 59.5 Å². The van der Waals surface area contributed by atoms with E-state index >= 15 is 0 Å². The maximum Gasteiger partial charge on any atom is 0.490 e. The molecule has 0 aliphatic carbocycles. The molecule has 0 atom stereocenters. The maximum atomic E-state index is 12.1. The molecular formula is C20H25F3O7.